The van der Waals surface area contributed by atoms with E-state index < -0.39 is 0 Å². The van der Waals surface area contributed by atoms with Gasteiger partial charge >= 0.3 is 0 Å². The second-order valence-electron chi connectivity index (χ2n) is 6.26. The van der Waals surface area contributed by atoms with Crippen LogP contribution in [0.5, 0.6) is 0 Å². The Kier molecular flexibility index (Phi) is 6.41. The Bertz CT molecular complexity index is 1040. The Labute approximate surface area is 174 Å². The lowest BCUT2D eigenvalue weighted by Crippen LogP contribution is -2.22. The zero-order valence-corrected chi connectivity index (χ0v) is 16.9. The molecule has 0 unspecified atom stereocenters. The van der Waals surface area contributed by atoms with Gasteiger partial charge in [0.25, 0.3) is 0 Å². The van der Waals surface area contributed by atoms with Crippen molar-refractivity contribution < 1.29 is 4.79 Å². The summed E-state index contributed by atoms with van der Waals surface area (Å²) < 4.78 is 0. The molecule has 4 nitrogen and oxygen atoms in total. The number of amides is 1. The molecule has 142 valence electrons. The van der Waals surface area contributed by atoms with Crippen LogP contribution in [0.4, 0.5) is 17.1 Å². The minimum atomic E-state index is -0.258. The molecule has 0 spiro atoms. The van der Waals surface area contributed by atoms with E-state index in [0.29, 0.717) is 15.6 Å². The predicted octanol–water partition coefficient (Wildman–Crippen LogP) is 5.06. The average molecular weight is 410 g/mol. The van der Waals surface area contributed by atoms with Gasteiger partial charge in [0.2, 0.25) is 5.91 Å². The third kappa shape index (κ3) is 4.57. The monoisotopic (exact) mass is 409 g/mol. The minimum absolute atomic E-state index is 0.0782. The van der Waals surface area contributed by atoms with Crippen molar-refractivity contribution in [2.24, 2.45) is 5.73 Å². The standard InChI is InChI=1S/C22H20ClN3OS/c1-14-6-2-3-7-16(14)22(28)17-11-10-15(12-18(17)23)25-19-8-4-5-9-20(19)26-21(27)13-24/h2-12,25H,13,24H2,1H3,(H,26,27). The number of thiocarbonyl (C=S) groups is 1. The number of benzene rings is 3. The van der Waals surface area contributed by atoms with Gasteiger partial charge in [0.05, 0.1) is 27.8 Å². The van der Waals surface area contributed by atoms with Gasteiger partial charge in [-0.3, -0.25) is 4.79 Å². The number of halogens is 1. The van der Waals surface area contributed by atoms with Gasteiger partial charge in [-0.25, -0.2) is 0 Å². The zero-order chi connectivity index (χ0) is 20.1. The van der Waals surface area contributed by atoms with E-state index in [9.17, 15) is 4.79 Å². The lowest BCUT2D eigenvalue weighted by atomic mass is 10.00. The number of aryl methyl sites for hydroxylation is 1. The molecule has 0 saturated carbocycles. The number of hydrogen-bond acceptors (Lipinski definition) is 4. The number of carbonyl (C=O) groups excluding carboxylic acids is 1. The fourth-order valence-electron chi connectivity index (χ4n) is 2.81. The van der Waals surface area contributed by atoms with Crippen molar-refractivity contribution in [3.63, 3.8) is 0 Å². The first-order valence-corrected chi connectivity index (χ1v) is 9.54. The first kappa shape index (κ1) is 20.0. The van der Waals surface area contributed by atoms with Gasteiger partial charge < -0.3 is 16.4 Å². The lowest BCUT2D eigenvalue weighted by Gasteiger charge is -2.15. The molecule has 0 aliphatic heterocycles. The molecule has 3 aromatic carbocycles. The van der Waals surface area contributed by atoms with Crippen LogP contribution in [-0.4, -0.2) is 17.3 Å². The molecule has 4 N–H and O–H groups in total. The Balaban J connectivity index is 1.85. The van der Waals surface area contributed by atoms with Crippen LogP contribution in [0, 0.1) is 6.92 Å². The highest BCUT2D eigenvalue weighted by Gasteiger charge is 2.12. The molecule has 6 heteroatoms. The molecule has 0 radical (unpaired) electrons. The second-order valence-corrected chi connectivity index (χ2v) is 7.08. The summed E-state index contributed by atoms with van der Waals surface area (Å²) in [7, 11) is 0. The molecular weight excluding hydrogens is 390 g/mol. The van der Waals surface area contributed by atoms with Crippen molar-refractivity contribution >= 4 is 51.7 Å². The normalized spacial score (nSPS) is 10.4. The van der Waals surface area contributed by atoms with Gasteiger partial charge in [-0.05, 0) is 48.4 Å². The molecule has 0 atom stereocenters. The van der Waals surface area contributed by atoms with Crippen molar-refractivity contribution in [2.45, 2.75) is 6.92 Å². The molecular formula is C22H20ClN3OS. The van der Waals surface area contributed by atoms with Crippen molar-refractivity contribution in [3.8, 4) is 0 Å². The SMILES string of the molecule is Cc1ccccc1C(=S)c1ccc(Nc2ccccc2NC(=O)CN)cc1Cl. The molecule has 0 aromatic heterocycles. The van der Waals surface area contributed by atoms with Crippen LogP contribution >= 0.6 is 23.8 Å². The Morgan fingerprint density at radius 3 is 2.36 bits per heavy atom. The molecule has 3 rings (SSSR count). The van der Waals surface area contributed by atoms with E-state index >= 15 is 0 Å². The Morgan fingerprint density at radius 2 is 1.68 bits per heavy atom. The van der Waals surface area contributed by atoms with E-state index in [2.05, 4.69) is 10.6 Å². The van der Waals surface area contributed by atoms with E-state index in [0.717, 1.165) is 28.1 Å². The minimum Gasteiger partial charge on any atom is -0.354 e. The third-order valence-corrected chi connectivity index (χ3v) is 5.02. The van der Waals surface area contributed by atoms with E-state index in [4.69, 9.17) is 29.6 Å². The highest BCUT2D eigenvalue weighted by molar-refractivity contribution is 7.81. The Hall–Kier alpha value is -2.73. The molecule has 0 aliphatic carbocycles. The largest absolute Gasteiger partial charge is 0.354 e. The van der Waals surface area contributed by atoms with Gasteiger partial charge in [0.1, 0.15) is 0 Å². The smallest absolute Gasteiger partial charge is 0.238 e. The summed E-state index contributed by atoms with van der Waals surface area (Å²) >= 11 is 12.2. The van der Waals surface area contributed by atoms with Gasteiger partial charge in [-0.15, -0.1) is 0 Å². The molecule has 28 heavy (non-hydrogen) atoms. The van der Waals surface area contributed by atoms with Crippen LogP contribution in [0.2, 0.25) is 5.02 Å². The summed E-state index contributed by atoms with van der Waals surface area (Å²) in [6.07, 6.45) is 0. The topological polar surface area (TPSA) is 67.1 Å². The zero-order valence-electron chi connectivity index (χ0n) is 15.3. The van der Waals surface area contributed by atoms with Crippen LogP contribution < -0.4 is 16.4 Å². The number of carbonyl (C=O) groups is 1. The summed E-state index contributed by atoms with van der Waals surface area (Å²) in [4.78, 5) is 12.3. The lowest BCUT2D eigenvalue weighted by molar-refractivity contribution is -0.114. The van der Waals surface area contributed by atoms with Gasteiger partial charge in [-0.2, -0.15) is 0 Å². The third-order valence-electron chi connectivity index (χ3n) is 4.27. The van der Waals surface area contributed by atoms with Crippen LogP contribution in [-0.2, 0) is 4.79 Å². The van der Waals surface area contributed by atoms with Gasteiger partial charge in [0, 0.05) is 11.3 Å². The Morgan fingerprint density at radius 1 is 1.00 bits per heavy atom. The number of para-hydroxylation sites is 2. The maximum absolute atomic E-state index is 11.6. The van der Waals surface area contributed by atoms with Gasteiger partial charge in [-0.1, -0.05) is 60.2 Å². The molecule has 1 amide bonds. The quantitative estimate of drug-likeness (QED) is 0.393. The first-order chi connectivity index (χ1) is 13.5. The van der Waals surface area contributed by atoms with Crippen LogP contribution in [0.1, 0.15) is 16.7 Å². The maximum atomic E-state index is 11.6. The van der Waals surface area contributed by atoms with Crippen molar-refractivity contribution in [3.05, 3.63) is 88.4 Å². The van der Waals surface area contributed by atoms with E-state index in [1.807, 2.05) is 67.6 Å². The molecule has 0 bridgehead atoms. The molecule has 0 aliphatic rings. The van der Waals surface area contributed by atoms with E-state index in [1.54, 1.807) is 6.07 Å². The number of nitrogens with one attached hydrogen (secondary N) is 2. The van der Waals surface area contributed by atoms with E-state index in [1.165, 1.54) is 0 Å². The number of nitrogens with two attached hydrogens (primary N) is 1. The highest BCUT2D eigenvalue weighted by Crippen LogP contribution is 2.29. The summed E-state index contributed by atoms with van der Waals surface area (Å²) in [5.41, 5.74) is 10.5. The maximum Gasteiger partial charge on any atom is 0.238 e. The molecule has 0 fully saturated rings. The summed E-state index contributed by atoms with van der Waals surface area (Å²) in [5.74, 6) is -0.258. The molecule has 0 saturated heterocycles. The van der Waals surface area contributed by atoms with Crippen molar-refractivity contribution in [2.75, 3.05) is 17.2 Å². The summed E-state index contributed by atoms with van der Waals surface area (Å²) in [6.45, 7) is 1.95. The summed E-state index contributed by atoms with van der Waals surface area (Å²) in [6, 6.07) is 21.0. The molecule has 0 heterocycles. The molecule has 3 aromatic rings. The fraction of sp³-hybridized carbons (Fsp3) is 0.0909. The predicted molar refractivity (Wildman–Crippen MR) is 121 cm³/mol. The number of rotatable bonds is 6. The van der Waals surface area contributed by atoms with Gasteiger partial charge in [0.15, 0.2) is 0 Å². The first-order valence-electron chi connectivity index (χ1n) is 8.75. The number of anilines is 3. The second kappa shape index (κ2) is 8.97. The van der Waals surface area contributed by atoms with Crippen molar-refractivity contribution in [1.29, 1.82) is 0 Å². The number of hydrogen-bond donors (Lipinski definition) is 3. The fourth-order valence-corrected chi connectivity index (χ4v) is 3.55. The van der Waals surface area contributed by atoms with E-state index in [-0.39, 0.29) is 12.5 Å². The van der Waals surface area contributed by atoms with Crippen LogP contribution in [0.3, 0.4) is 0 Å². The van der Waals surface area contributed by atoms with Crippen LogP contribution in [0.15, 0.2) is 66.7 Å². The highest BCUT2D eigenvalue weighted by atomic mass is 35.5. The van der Waals surface area contributed by atoms with Crippen LogP contribution in [0.25, 0.3) is 0 Å². The summed E-state index contributed by atoms with van der Waals surface area (Å²) in [5, 5.41) is 6.61. The average Bonchev–Trinajstić information content (AvgIpc) is 2.69. The van der Waals surface area contributed by atoms with Crippen molar-refractivity contribution in [1.82, 2.24) is 0 Å².